The number of rotatable bonds is 4. The van der Waals surface area contributed by atoms with Crippen molar-refractivity contribution in [1.82, 2.24) is 10.1 Å². The SMILES string of the molecule is CC(C)(C)C(N)c1noc(COc2ccc(Cl)cc2)n1. The summed E-state index contributed by atoms with van der Waals surface area (Å²) in [5, 5.41) is 4.56. The van der Waals surface area contributed by atoms with Gasteiger partial charge in [0.25, 0.3) is 5.89 Å². The maximum atomic E-state index is 6.07. The van der Waals surface area contributed by atoms with Crippen molar-refractivity contribution >= 4 is 11.6 Å². The van der Waals surface area contributed by atoms with Crippen molar-refractivity contribution in [3.05, 3.63) is 41.0 Å². The summed E-state index contributed by atoms with van der Waals surface area (Å²) in [6.45, 7) is 6.28. The molecule has 6 heteroatoms. The molecule has 5 nitrogen and oxygen atoms in total. The first-order valence-corrected chi connectivity index (χ1v) is 6.70. The molecule has 0 saturated heterocycles. The van der Waals surface area contributed by atoms with Crippen LogP contribution in [0.1, 0.15) is 38.5 Å². The zero-order valence-electron chi connectivity index (χ0n) is 11.8. The molecule has 0 radical (unpaired) electrons. The summed E-state index contributed by atoms with van der Waals surface area (Å²) >= 11 is 5.80. The molecule has 1 aromatic carbocycles. The van der Waals surface area contributed by atoms with Crippen LogP contribution in [0, 0.1) is 5.41 Å². The Bertz CT molecular complexity index is 561. The summed E-state index contributed by atoms with van der Waals surface area (Å²) in [6, 6.07) is 6.79. The smallest absolute Gasteiger partial charge is 0.264 e. The summed E-state index contributed by atoms with van der Waals surface area (Å²) in [5.41, 5.74) is 5.94. The largest absolute Gasteiger partial charge is 0.484 e. The van der Waals surface area contributed by atoms with E-state index in [1.165, 1.54) is 0 Å². The van der Waals surface area contributed by atoms with Crippen LogP contribution in [0.25, 0.3) is 0 Å². The molecule has 0 amide bonds. The monoisotopic (exact) mass is 295 g/mol. The van der Waals surface area contributed by atoms with Gasteiger partial charge in [-0.3, -0.25) is 0 Å². The molecular formula is C14H18ClN3O2. The molecule has 2 rings (SSSR count). The van der Waals surface area contributed by atoms with Gasteiger partial charge in [0.05, 0.1) is 6.04 Å². The fraction of sp³-hybridized carbons (Fsp3) is 0.429. The minimum Gasteiger partial charge on any atom is -0.484 e. The summed E-state index contributed by atoms with van der Waals surface area (Å²) in [4.78, 5) is 4.26. The summed E-state index contributed by atoms with van der Waals surface area (Å²) in [7, 11) is 0. The number of ether oxygens (including phenoxy) is 1. The lowest BCUT2D eigenvalue weighted by Gasteiger charge is -2.23. The Labute approximate surface area is 123 Å². The van der Waals surface area contributed by atoms with Gasteiger partial charge in [-0.25, -0.2) is 0 Å². The zero-order chi connectivity index (χ0) is 14.8. The zero-order valence-corrected chi connectivity index (χ0v) is 12.5. The summed E-state index contributed by atoms with van der Waals surface area (Å²) in [6.07, 6.45) is 0. The predicted octanol–water partition coefficient (Wildman–Crippen LogP) is 3.35. The molecule has 0 aliphatic rings. The van der Waals surface area contributed by atoms with Crippen molar-refractivity contribution in [1.29, 1.82) is 0 Å². The lowest BCUT2D eigenvalue weighted by molar-refractivity contribution is 0.241. The number of benzene rings is 1. The van der Waals surface area contributed by atoms with Crippen LogP contribution in [0.4, 0.5) is 0 Å². The number of halogens is 1. The highest BCUT2D eigenvalue weighted by Crippen LogP contribution is 2.28. The number of nitrogens with two attached hydrogens (primary N) is 1. The molecule has 1 heterocycles. The Morgan fingerprint density at radius 1 is 1.30 bits per heavy atom. The van der Waals surface area contributed by atoms with Crippen molar-refractivity contribution in [3.8, 4) is 5.75 Å². The molecule has 2 N–H and O–H groups in total. The second kappa shape index (κ2) is 5.81. The van der Waals surface area contributed by atoms with Gasteiger partial charge in [0.2, 0.25) is 0 Å². The topological polar surface area (TPSA) is 74.2 Å². The molecule has 0 aliphatic heterocycles. The number of hydrogen-bond donors (Lipinski definition) is 1. The van der Waals surface area contributed by atoms with Gasteiger partial charge in [-0.05, 0) is 29.7 Å². The Morgan fingerprint density at radius 3 is 2.55 bits per heavy atom. The highest BCUT2D eigenvalue weighted by Gasteiger charge is 2.26. The van der Waals surface area contributed by atoms with Crippen LogP contribution in [0.5, 0.6) is 5.75 Å². The molecule has 2 aromatic rings. The van der Waals surface area contributed by atoms with Gasteiger partial charge >= 0.3 is 0 Å². The third-order valence-corrected chi connectivity index (χ3v) is 3.12. The van der Waals surface area contributed by atoms with Crippen molar-refractivity contribution in [2.75, 3.05) is 0 Å². The Balaban J connectivity index is 1.98. The van der Waals surface area contributed by atoms with Gasteiger partial charge < -0.3 is 15.0 Å². The van der Waals surface area contributed by atoms with E-state index in [2.05, 4.69) is 10.1 Å². The average molecular weight is 296 g/mol. The van der Waals surface area contributed by atoms with Gasteiger partial charge in [0.1, 0.15) is 5.75 Å². The molecule has 1 aromatic heterocycles. The highest BCUT2D eigenvalue weighted by atomic mass is 35.5. The normalized spacial score (nSPS) is 13.2. The van der Waals surface area contributed by atoms with E-state index in [0.29, 0.717) is 22.5 Å². The molecule has 0 saturated carbocycles. The van der Waals surface area contributed by atoms with E-state index in [0.717, 1.165) is 0 Å². The van der Waals surface area contributed by atoms with Gasteiger partial charge in [0, 0.05) is 5.02 Å². The maximum absolute atomic E-state index is 6.07. The molecular weight excluding hydrogens is 278 g/mol. The van der Waals surface area contributed by atoms with Crippen molar-refractivity contribution in [2.24, 2.45) is 11.1 Å². The third kappa shape index (κ3) is 3.71. The molecule has 1 unspecified atom stereocenters. The second-order valence-corrected chi connectivity index (χ2v) is 6.07. The van der Waals surface area contributed by atoms with E-state index in [4.69, 9.17) is 26.6 Å². The molecule has 1 atom stereocenters. The van der Waals surface area contributed by atoms with E-state index in [-0.39, 0.29) is 18.1 Å². The van der Waals surface area contributed by atoms with Crippen LogP contribution < -0.4 is 10.5 Å². The Morgan fingerprint density at radius 2 is 1.95 bits per heavy atom. The van der Waals surface area contributed by atoms with Gasteiger partial charge in [0.15, 0.2) is 12.4 Å². The van der Waals surface area contributed by atoms with Crippen molar-refractivity contribution in [2.45, 2.75) is 33.4 Å². The molecule has 108 valence electrons. The number of nitrogens with zero attached hydrogens (tertiary/aromatic N) is 2. The van der Waals surface area contributed by atoms with Crippen molar-refractivity contribution < 1.29 is 9.26 Å². The first-order chi connectivity index (χ1) is 9.36. The standard InChI is InChI=1S/C14H18ClN3O2/c1-14(2,3)12(16)13-17-11(20-18-13)8-19-10-6-4-9(15)5-7-10/h4-7,12H,8,16H2,1-3H3. The van der Waals surface area contributed by atoms with Gasteiger partial charge in [-0.1, -0.05) is 37.5 Å². The van der Waals surface area contributed by atoms with Gasteiger partial charge in [-0.15, -0.1) is 0 Å². The van der Waals surface area contributed by atoms with E-state index in [9.17, 15) is 0 Å². The van der Waals surface area contributed by atoms with E-state index < -0.39 is 0 Å². The molecule has 20 heavy (non-hydrogen) atoms. The predicted molar refractivity (Wildman–Crippen MR) is 76.5 cm³/mol. The number of hydrogen-bond acceptors (Lipinski definition) is 5. The lowest BCUT2D eigenvalue weighted by atomic mass is 9.87. The minimum atomic E-state index is -0.282. The fourth-order valence-electron chi connectivity index (χ4n) is 1.52. The average Bonchev–Trinajstić information content (AvgIpc) is 2.85. The van der Waals surface area contributed by atoms with E-state index in [1.54, 1.807) is 24.3 Å². The van der Waals surface area contributed by atoms with Crippen LogP contribution >= 0.6 is 11.6 Å². The third-order valence-electron chi connectivity index (χ3n) is 2.87. The molecule has 0 aliphatic carbocycles. The quantitative estimate of drug-likeness (QED) is 0.936. The minimum absolute atomic E-state index is 0.127. The van der Waals surface area contributed by atoms with E-state index in [1.807, 2.05) is 20.8 Å². The van der Waals surface area contributed by atoms with Crippen LogP contribution in [0.2, 0.25) is 5.02 Å². The Hall–Kier alpha value is -1.59. The second-order valence-electron chi connectivity index (χ2n) is 5.63. The van der Waals surface area contributed by atoms with Crippen LogP contribution in [-0.4, -0.2) is 10.1 Å². The highest BCUT2D eigenvalue weighted by molar-refractivity contribution is 6.30. The van der Waals surface area contributed by atoms with Crippen LogP contribution in [0.3, 0.4) is 0 Å². The molecule has 0 fully saturated rings. The Kier molecular flexibility index (Phi) is 4.30. The molecule has 0 bridgehead atoms. The van der Waals surface area contributed by atoms with Crippen LogP contribution in [0.15, 0.2) is 28.8 Å². The lowest BCUT2D eigenvalue weighted by Crippen LogP contribution is -2.27. The summed E-state index contributed by atoms with van der Waals surface area (Å²) < 4.78 is 10.7. The fourth-order valence-corrected chi connectivity index (χ4v) is 1.64. The molecule has 0 spiro atoms. The maximum Gasteiger partial charge on any atom is 0.264 e. The first kappa shape index (κ1) is 14.8. The van der Waals surface area contributed by atoms with Crippen LogP contribution in [-0.2, 0) is 6.61 Å². The number of aromatic nitrogens is 2. The first-order valence-electron chi connectivity index (χ1n) is 6.32. The summed E-state index contributed by atoms with van der Waals surface area (Å²) in [5.74, 6) is 1.58. The van der Waals surface area contributed by atoms with Gasteiger partial charge in [-0.2, -0.15) is 4.98 Å². The van der Waals surface area contributed by atoms with Crippen molar-refractivity contribution in [3.63, 3.8) is 0 Å². The van der Waals surface area contributed by atoms with E-state index >= 15 is 0 Å².